The average Bonchev–Trinajstić information content (AvgIpc) is 1.90. The summed E-state index contributed by atoms with van der Waals surface area (Å²) >= 11 is 0. The molecule has 0 aromatic rings. The lowest BCUT2D eigenvalue weighted by molar-refractivity contribution is 0.326. The fraction of sp³-hybridized carbons (Fsp3) is 0.800. The topological polar surface area (TPSA) is 0 Å². The Kier molecular flexibility index (Phi) is 4.19. The first-order valence-corrected chi connectivity index (χ1v) is 4.09. The van der Waals surface area contributed by atoms with Crippen LogP contribution >= 0.6 is 0 Å². The molecule has 2 unspecified atom stereocenters. The highest BCUT2D eigenvalue weighted by Gasteiger charge is 2.15. The van der Waals surface area contributed by atoms with E-state index in [9.17, 15) is 0 Å². The third-order valence-electron chi connectivity index (χ3n) is 2.34. The van der Waals surface area contributed by atoms with E-state index < -0.39 is 0 Å². The van der Waals surface area contributed by atoms with Crippen LogP contribution in [0.1, 0.15) is 34.1 Å². The Hall–Kier alpha value is -0.440. The van der Waals surface area contributed by atoms with Gasteiger partial charge in [0.2, 0.25) is 0 Å². The van der Waals surface area contributed by atoms with Crippen LogP contribution in [0.2, 0.25) is 0 Å². The Morgan fingerprint density at radius 2 is 1.80 bits per heavy atom. The first-order chi connectivity index (χ1) is 4.63. The molecule has 0 saturated heterocycles. The van der Waals surface area contributed by atoms with Gasteiger partial charge in [-0.05, 0) is 18.3 Å². The van der Waals surface area contributed by atoms with E-state index in [0.29, 0.717) is 17.8 Å². The van der Waals surface area contributed by atoms with Crippen molar-refractivity contribution in [3.63, 3.8) is 0 Å². The van der Waals surface area contributed by atoms with Crippen molar-refractivity contribution in [1.82, 2.24) is 0 Å². The molecule has 0 heterocycles. The molecule has 0 aromatic heterocycles. The van der Waals surface area contributed by atoms with Crippen LogP contribution < -0.4 is 0 Å². The van der Waals surface area contributed by atoms with E-state index in [-0.39, 0.29) is 0 Å². The van der Waals surface area contributed by atoms with Gasteiger partial charge in [0.25, 0.3) is 0 Å². The summed E-state index contributed by atoms with van der Waals surface area (Å²) < 4.78 is 0. The van der Waals surface area contributed by atoms with Gasteiger partial charge in [-0.3, -0.25) is 0 Å². The Morgan fingerprint density at radius 1 is 1.30 bits per heavy atom. The minimum Gasteiger partial charge on any atom is -0.120 e. The molecule has 0 aliphatic heterocycles. The molecular formula is C10H18. The smallest absolute Gasteiger partial charge is 0.0225 e. The first kappa shape index (κ1) is 9.56. The van der Waals surface area contributed by atoms with Crippen molar-refractivity contribution in [3.8, 4) is 12.3 Å². The van der Waals surface area contributed by atoms with Crippen LogP contribution in [-0.2, 0) is 0 Å². The van der Waals surface area contributed by atoms with Gasteiger partial charge in [-0.1, -0.05) is 27.7 Å². The maximum absolute atomic E-state index is 5.37. The zero-order valence-corrected chi connectivity index (χ0v) is 7.52. The number of hydrogen-bond donors (Lipinski definition) is 0. The summed E-state index contributed by atoms with van der Waals surface area (Å²) in [5, 5.41) is 0. The maximum Gasteiger partial charge on any atom is 0.0225 e. The second-order valence-electron chi connectivity index (χ2n) is 3.28. The highest BCUT2D eigenvalue weighted by molar-refractivity contribution is 4.95. The van der Waals surface area contributed by atoms with E-state index >= 15 is 0 Å². The predicted molar refractivity (Wildman–Crippen MR) is 46.6 cm³/mol. The Labute approximate surface area is 65.0 Å². The van der Waals surface area contributed by atoms with Crippen molar-refractivity contribution in [1.29, 1.82) is 0 Å². The fourth-order valence-corrected chi connectivity index (χ4v) is 1.11. The van der Waals surface area contributed by atoms with Gasteiger partial charge in [0.1, 0.15) is 0 Å². The van der Waals surface area contributed by atoms with Gasteiger partial charge in [-0.25, -0.2) is 0 Å². The summed E-state index contributed by atoms with van der Waals surface area (Å²) in [6.07, 6.45) is 6.48. The zero-order valence-electron chi connectivity index (χ0n) is 7.52. The van der Waals surface area contributed by atoms with Crippen LogP contribution in [0.5, 0.6) is 0 Å². The largest absolute Gasteiger partial charge is 0.120 e. The van der Waals surface area contributed by atoms with Gasteiger partial charge in [-0.15, -0.1) is 12.3 Å². The van der Waals surface area contributed by atoms with E-state index in [1.165, 1.54) is 0 Å². The Balaban J connectivity index is 3.92. The van der Waals surface area contributed by atoms with Crippen molar-refractivity contribution in [2.75, 3.05) is 0 Å². The van der Waals surface area contributed by atoms with Crippen LogP contribution in [0.15, 0.2) is 0 Å². The predicted octanol–water partition coefficient (Wildman–Crippen LogP) is 2.94. The second kappa shape index (κ2) is 4.39. The van der Waals surface area contributed by atoms with E-state index in [1.807, 2.05) is 0 Å². The van der Waals surface area contributed by atoms with Crippen molar-refractivity contribution in [2.45, 2.75) is 34.1 Å². The van der Waals surface area contributed by atoms with Crippen LogP contribution in [0.3, 0.4) is 0 Å². The summed E-state index contributed by atoms with van der Waals surface area (Å²) in [6.45, 7) is 8.84. The van der Waals surface area contributed by atoms with E-state index in [4.69, 9.17) is 6.42 Å². The van der Waals surface area contributed by atoms with Crippen LogP contribution in [0, 0.1) is 30.1 Å². The molecule has 0 bridgehead atoms. The van der Waals surface area contributed by atoms with Crippen molar-refractivity contribution in [2.24, 2.45) is 17.8 Å². The van der Waals surface area contributed by atoms with Gasteiger partial charge in [0.05, 0.1) is 0 Å². The normalized spacial score (nSPS) is 16.4. The van der Waals surface area contributed by atoms with Gasteiger partial charge < -0.3 is 0 Å². The van der Waals surface area contributed by atoms with Gasteiger partial charge in [-0.2, -0.15) is 0 Å². The molecule has 0 nitrogen and oxygen atoms in total. The molecule has 0 spiro atoms. The Bertz CT molecular complexity index is 116. The lowest BCUT2D eigenvalue weighted by Crippen LogP contribution is -2.14. The monoisotopic (exact) mass is 138 g/mol. The molecule has 0 radical (unpaired) electrons. The highest BCUT2D eigenvalue weighted by atomic mass is 14.2. The average molecular weight is 138 g/mol. The van der Waals surface area contributed by atoms with Gasteiger partial charge in [0, 0.05) is 5.92 Å². The third kappa shape index (κ3) is 2.43. The molecule has 2 atom stereocenters. The molecule has 0 fully saturated rings. The minimum atomic E-state index is 0.472. The maximum atomic E-state index is 5.37. The summed E-state index contributed by atoms with van der Waals surface area (Å²) in [5.74, 6) is 4.68. The third-order valence-corrected chi connectivity index (χ3v) is 2.34. The fourth-order valence-electron chi connectivity index (χ4n) is 1.11. The molecule has 0 saturated carbocycles. The molecule has 0 aliphatic carbocycles. The lowest BCUT2D eigenvalue weighted by Gasteiger charge is -2.20. The number of terminal acetylenes is 1. The molecule has 0 aliphatic rings. The molecular weight excluding hydrogens is 120 g/mol. The minimum absolute atomic E-state index is 0.472. The second-order valence-corrected chi connectivity index (χ2v) is 3.28. The van der Waals surface area contributed by atoms with Gasteiger partial charge in [0.15, 0.2) is 0 Å². The molecule has 0 amide bonds. The zero-order chi connectivity index (χ0) is 8.15. The summed E-state index contributed by atoms with van der Waals surface area (Å²) in [5.41, 5.74) is 0. The summed E-state index contributed by atoms with van der Waals surface area (Å²) in [6, 6.07) is 0. The van der Waals surface area contributed by atoms with Gasteiger partial charge >= 0.3 is 0 Å². The Morgan fingerprint density at radius 3 is 1.90 bits per heavy atom. The van der Waals surface area contributed by atoms with Crippen molar-refractivity contribution in [3.05, 3.63) is 0 Å². The molecule has 0 N–H and O–H groups in total. The van der Waals surface area contributed by atoms with Crippen LogP contribution in [-0.4, -0.2) is 0 Å². The molecule has 58 valence electrons. The summed E-state index contributed by atoms with van der Waals surface area (Å²) in [7, 11) is 0. The molecule has 0 heteroatoms. The van der Waals surface area contributed by atoms with E-state index in [1.54, 1.807) is 0 Å². The number of rotatable bonds is 3. The molecule has 0 aromatic carbocycles. The molecule has 0 rings (SSSR count). The lowest BCUT2D eigenvalue weighted by atomic mass is 9.84. The van der Waals surface area contributed by atoms with Crippen LogP contribution in [0.4, 0.5) is 0 Å². The van der Waals surface area contributed by atoms with E-state index in [2.05, 4.69) is 33.6 Å². The first-order valence-electron chi connectivity index (χ1n) is 4.09. The standard InChI is InChI=1S/C10H18/c1-6-10(7-2)9(5)8(3)4/h1,8-10H,7H2,2-5H3. The van der Waals surface area contributed by atoms with Crippen molar-refractivity contribution < 1.29 is 0 Å². The quantitative estimate of drug-likeness (QED) is 0.526. The highest BCUT2D eigenvalue weighted by Crippen LogP contribution is 2.21. The summed E-state index contributed by atoms with van der Waals surface area (Å²) in [4.78, 5) is 0. The number of hydrogen-bond acceptors (Lipinski definition) is 0. The van der Waals surface area contributed by atoms with Crippen molar-refractivity contribution >= 4 is 0 Å². The SMILES string of the molecule is C#CC(CC)C(C)C(C)C. The van der Waals surface area contributed by atoms with E-state index in [0.717, 1.165) is 6.42 Å². The molecule has 10 heavy (non-hydrogen) atoms. The van der Waals surface area contributed by atoms with Crippen LogP contribution in [0.25, 0.3) is 0 Å².